The van der Waals surface area contributed by atoms with Crippen LogP contribution in [0.4, 0.5) is 8.78 Å². The smallest absolute Gasteiger partial charge is 0.387 e. The average Bonchev–Trinajstić information content (AvgIpc) is 3.16. The molecule has 1 N–H and O–H groups in total. The first-order valence-electron chi connectivity index (χ1n) is 9.90. The normalized spacial score (nSPS) is 11.0. The summed E-state index contributed by atoms with van der Waals surface area (Å²) in [7, 11) is 0. The third-order valence-corrected chi connectivity index (χ3v) is 5.51. The van der Waals surface area contributed by atoms with Gasteiger partial charge < -0.3 is 14.6 Å². The fourth-order valence-electron chi connectivity index (χ4n) is 3.12. The molecular formula is C22H24F2N4O2S. The van der Waals surface area contributed by atoms with Crippen LogP contribution in [0, 0.1) is 6.92 Å². The molecule has 1 aromatic heterocycles. The quantitative estimate of drug-likeness (QED) is 0.470. The van der Waals surface area contributed by atoms with E-state index in [0.29, 0.717) is 30.2 Å². The number of hydrogen-bond acceptors (Lipinski definition) is 5. The van der Waals surface area contributed by atoms with Crippen molar-refractivity contribution >= 4 is 17.7 Å². The molecule has 0 unspecified atom stereocenters. The molecule has 9 heteroatoms. The SMILES string of the molecule is CCn1c(SCC(=O)NCCc2ccccc2OC(F)F)nnc1-c1cccc(C)c1. The maximum atomic E-state index is 12.5. The van der Waals surface area contributed by atoms with Gasteiger partial charge in [-0.1, -0.05) is 53.7 Å². The summed E-state index contributed by atoms with van der Waals surface area (Å²) >= 11 is 1.31. The molecule has 0 radical (unpaired) electrons. The van der Waals surface area contributed by atoms with Crippen LogP contribution in [0.5, 0.6) is 5.75 Å². The number of benzene rings is 2. The highest BCUT2D eigenvalue weighted by Crippen LogP contribution is 2.24. The lowest BCUT2D eigenvalue weighted by atomic mass is 10.1. The van der Waals surface area contributed by atoms with Crippen LogP contribution in [0.1, 0.15) is 18.1 Å². The minimum atomic E-state index is -2.88. The van der Waals surface area contributed by atoms with Gasteiger partial charge in [-0.15, -0.1) is 10.2 Å². The predicted molar refractivity (Wildman–Crippen MR) is 116 cm³/mol. The zero-order valence-electron chi connectivity index (χ0n) is 17.3. The van der Waals surface area contributed by atoms with Gasteiger partial charge in [0.05, 0.1) is 5.75 Å². The Morgan fingerprint density at radius 1 is 1.19 bits per heavy atom. The Morgan fingerprint density at radius 2 is 2.00 bits per heavy atom. The van der Waals surface area contributed by atoms with Crippen LogP contribution in [0.2, 0.25) is 0 Å². The lowest BCUT2D eigenvalue weighted by Gasteiger charge is -2.11. The van der Waals surface area contributed by atoms with Gasteiger partial charge in [-0.3, -0.25) is 4.79 Å². The fraction of sp³-hybridized carbons (Fsp3) is 0.318. The number of amides is 1. The number of aryl methyl sites for hydroxylation is 1. The van der Waals surface area contributed by atoms with Gasteiger partial charge in [0, 0.05) is 18.7 Å². The molecule has 0 bridgehead atoms. The third kappa shape index (κ3) is 6.27. The molecule has 164 valence electrons. The van der Waals surface area contributed by atoms with Crippen LogP contribution < -0.4 is 10.1 Å². The van der Waals surface area contributed by atoms with Gasteiger partial charge in [0.25, 0.3) is 0 Å². The number of hydrogen-bond donors (Lipinski definition) is 1. The molecular weight excluding hydrogens is 422 g/mol. The highest BCUT2D eigenvalue weighted by atomic mass is 32.2. The maximum Gasteiger partial charge on any atom is 0.387 e. The molecule has 0 fully saturated rings. The molecule has 3 aromatic rings. The number of alkyl halides is 2. The second kappa shape index (κ2) is 10.9. The Labute approximate surface area is 184 Å². The van der Waals surface area contributed by atoms with Gasteiger partial charge in [-0.25, -0.2) is 0 Å². The lowest BCUT2D eigenvalue weighted by molar-refractivity contribution is -0.118. The molecule has 0 aliphatic carbocycles. The van der Waals surface area contributed by atoms with E-state index in [-0.39, 0.29) is 17.4 Å². The van der Waals surface area contributed by atoms with Crippen molar-refractivity contribution < 1.29 is 18.3 Å². The van der Waals surface area contributed by atoms with E-state index in [4.69, 9.17) is 0 Å². The van der Waals surface area contributed by atoms with Crippen LogP contribution in [-0.2, 0) is 17.8 Å². The van der Waals surface area contributed by atoms with E-state index in [1.54, 1.807) is 18.2 Å². The zero-order chi connectivity index (χ0) is 22.2. The molecule has 0 aliphatic heterocycles. The van der Waals surface area contributed by atoms with Gasteiger partial charge in [0.15, 0.2) is 11.0 Å². The van der Waals surface area contributed by atoms with Gasteiger partial charge in [0.2, 0.25) is 5.91 Å². The number of carbonyl (C=O) groups is 1. The number of nitrogens with one attached hydrogen (secondary N) is 1. The first-order valence-corrected chi connectivity index (χ1v) is 10.9. The molecule has 0 spiro atoms. The molecule has 2 aromatic carbocycles. The van der Waals surface area contributed by atoms with E-state index >= 15 is 0 Å². The van der Waals surface area contributed by atoms with Crippen LogP contribution in [-0.4, -0.2) is 39.6 Å². The molecule has 6 nitrogen and oxygen atoms in total. The van der Waals surface area contributed by atoms with Crippen molar-refractivity contribution in [3.63, 3.8) is 0 Å². The Hall–Kier alpha value is -2.94. The number of nitrogens with zero attached hydrogens (tertiary/aromatic N) is 3. The van der Waals surface area contributed by atoms with E-state index in [1.807, 2.05) is 42.7 Å². The number of rotatable bonds is 10. The molecule has 0 saturated heterocycles. The number of ether oxygens (including phenoxy) is 1. The van der Waals surface area contributed by atoms with E-state index in [1.165, 1.54) is 17.8 Å². The Bertz CT molecular complexity index is 1030. The van der Waals surface area contributed by atoms with E-state index in [2.05, 4.69) is 20.3 Å². The second-order valence-electron chi connectivity index (χ2n) is 6.79. The second-order valence-corrected chi connectivity index (χ2v) is 7.74. The summed E-state index contributed by atoms with van der Waals surface area (Å²) in [5.74, 6) is 0.909. The van der Waals surface area contributed by atoms with Crippen LogP contribution >= 0.6 is 11.8 Å². The number of para-hydroxylation sites is 1. The van der Waals surface area contributed by atoms with Crippen molar-refractivity contribution in [3.05, 3.63) is 59.7 Å². The minimum absolute atomic E-state index is 0.126. The summed E-state index contributed by atoms with van der Waals surface area (Å²) in [5, 5.41) is 12.0. The van der Waals surface area contributed by atoms with Gasteiger partial charge in [0.1, 0.15) is 5.75 Å². The Balaban J connectivity index is 1.54. The number of thioether (sulfide) groups is 1. The summed E-state index contributed by atoms with van der Waals surface area (Å²) in [6, 6.07) is 14.6. The van der Waals surface area contributed by atoms with Crippen molar-refractivity contribution in [2.24, 2.45) is 0 Å². The molecule has 1 amide bonds. The lowest BCUT2D eigenvalue weighted by Crippen LogP contribution is -2.27. The molecule has 0 atom stereocenters. The van der Waals surface area contributed by atoms with Gasteiger partial charge in [-0.2, -0.15) is 8.78 Å². The summed E-state index contributed by atoms with van der Waals surface area (Å²) in [4.78, 5) is 12.2. The summed E-state index contributed by atoms with van der Waals surface area (Å²) in [5.41, 5.74) is 2.73. The van der Waals surface area contributed by atoms with Crippen molar-refractivity contribution in [1.82, 2.24) is 20.1 Å². The number of aromatic nitrogens is 3. The third-order valence-electron chi connectivity index (χ3n) is 4.55. The van der Waals surface area contributed by atoms with E-state index in [0.717, 1.165) is 17.0 Å². The van der Waals surface area contributed by atoms with Gasteiger partial charge in [-0.05, 0) is 38.0 Å². The highest BCUT2D eigenvalue weighted by molar-refractivity contribution is 7.99. The van der Waals surface area contributed by atoms with Crippen LogP contribution in [0.3, 0.4) is 0 Å². The first-order chi connectivity index (χ1) is 15.0. The molecule has 0 saturated carbocycles. The maximum absolute atomic E-state index is 12.5. The van der Waals surface area contributed by atoms with Crippen molar-refractivity contribution in [2.75, 3.05) is 12.3 Å². The minimum Gasteiger partial charge on any atom is -0.435 e. The van der Waals surface area contributed by atoms with Crippen molar-refractivity contribution in [1.29, 1.82) is 0 Å². The van der Waals surface area contributed by atoms with Crippen LogP contribution in [0.15, 0.2) is 53.7 Å². The fourth-order valence-corrected chi connectivity index (χ4v) is 3.95. The molecule has 3 rings (SSSR count). The summed E-state index contributed by atoms with van der Waals surface area (Å²) in [6.07, 6.45) is 0.391. The largest absolute Gasteiger partial charge is 0.435 e. The van der Waals surface area contributed by atoms with Crippen LogP contribution in [0.25, 0.3) is 11.4 Å². The van der Waals surface area contributed by atoms with Crippen molar-refractivity contribution in [2.45, 2.75) is 38.6 Å². The Morgan fingerprint density at radius 3 is 2.74 bits per heavy atom. The van der Waals surface area contributed by atoms with E-state index < -0.39 is 6.61 Å². The highest BCUT2D eigenvalue weighted by Gasteiger charge is 2.15. The summed E-state index contributed by atoms with van der Waals surface area (Å²) in [6.45, 7) is 2.15. The Kier molecular flexibility index (Phi) is 8.00. The standard InChI is InChI=1S/C22H24F2N4O2S/c1-3-28-20(17-9-6-7-15(2)13-17)26-27-22(28)31-14-19(29)25-12-11-16-8-4-5-10-18(16)30-21(23)24/h4-10,13,21H,3,11-12,14H2,1-2H3,(H,25,29). The predicted octanol–water partition coefficient (Wildman–Crippen LogP) is 4.33. The zero-order valence-corrected chi connectivity index (χ0v) is 18.2. The number of carbonyl (C=O) groups excluding carboxylic acids is 1. The topological polar surface area (TPSA) is 69.0 Å². The monoisotopic (exact) mass is 446 g/mol. The number of halogens is 2. The molecule has 1 heterocycles. The first kappa shape index (κ1) is 22.7. The molecule has 0 aliphatic rings. The van der Waals surface area contributed by atoms with E-state index in [9.17, 15) is 13.6 Å². The summed E-state index contributed by atoms with van der Waals surface area (Å²) < 4.78 is 31.5. The average molecular weight is 447 g/mol. The molecule has 31 heavy (non-hydrogen) atoms. The van der Waals surface area contributed by atoms with Gasteiger partial charge >= 0.3 is 6.61 Å². The van der Waals surface area contributed by atoms with Crippen molar-refractivity contribution in [3.8, 4) is 17.1 Å².